The maximum Gasteiger partial charge on any atom is 0.308 e. The van der Waals surface area contributed by atoms with Crippen LogP contribution in [0.2, 0.25) is 0 Å². The molecule has 0 aliphatic carbocycles. The molecule has 0 heterocycles. The van der Waals surface area contributed by atoms with Crippen LogP contribution in [0.4, 0.5) is 4.39 Å². The van der Waals surface area contributed by atoms with Crippen LogP contribution in [0.5, 0.6) is 5.75 Å². The van der Waals surface area contributed by atoms with Crippen LogP contribution >= 0.6 is 0 Å². The van der Waals surface area contributed by atoms with Crippen molar-refractivity contribution in [2.24, 2.45) is 5.92 Å². The number of aliphatic carboxylic acids is 1. The number of benzene rings is 1. The molecule has 1 unspecified atom stereocenters. The Labute approximate surface area is 104 Å². The van der Waals surface area contributed by atoms with E-state index >= 15 is 0 Å². The minimum absolute atomic E-state index is 0.0426. The van der Waals surface area contributed by atoms with Gasteiger partial charge in [0.05, 0.1) is 5.92 Å². The highest BCUT2D eigenvalue weighted by molar-refractivity contribution is 5.78. The largest absolute Gasteiger partial charge is 0.484 e. The number of nitrogens with one attached hydrogen (secondary N) is 1. The number of carboxylic acid groups (broad SMARTS) is 1. The van der Waals surface area contributed by atoms with E-state index < -0.39 is 17.8 Å². The van der Waals surface area contributed by atoms with E-state index in [-0.39, 0.29) is 19.0 Å². The zero-order chi connectivity index (χ0) is 13.5. The zero-order valence-corrected chi connectivity index (χ0v) is 9.85. The molecule has 0 aliphatic rings. The highest BCUT2D eigenvalue weighted by Crippen LogP contribution is 2.10. The van der Waals surface area contributed by atoms with Gasteiger partial charge in [0.15, 0.2) is 6.61 Å². The maximum absolute atomic E-state index is 12.6. The van der Waals surface area contributed by atoms with Gasteiger partial charge >= 0.3 is 5.97 Å². The van der Waals surface area contributed by atoms with Gasteiger partial charge in [0.1, 0.15) is 11.6 Å². The highest BCUT2D eigenvalue weighted by Gasteiger charge is 2.12. The molecule has 0 saturated heterocycles. The summed E-state index contributed by atoms with van der Waals surface area (Å²) in [5.74, 6) is -2.07. The lowest BCUT2D eigenvalue weighted by molar-refractivity contribution is -0.141. The van der Waals surface area contributed by atoms with Gasteiger partial charge in [-0.15, -0.1) is 0 Å². The van der Waals surface area contributed by atoms with Crippen molar-refractivity contribution < 1.29 is 23.8 Å². The molecule has 0 spiro atoms. The first-order valence-electron chi connectivity index (χ1n) is 5.37. The summed E-state index contributed by atoms with van der Waals surface area (Å²) in [5.41, 5.74) is 0. The molecule has 6 heteroatoms. The second kappa shape index (κ2) is 6.58. The minimum Gasteiger partial charge on any atom is -0.484 e. The Kier molecular flexibility index (Phi) is 5.10. The Bertz CT molecular complexity index is 419. The second-order valence-corrected chi connectivity index (χ2v) is 3.79. The van der Waals surface area contributed by atoms with Gasteiger partial charge in [0.2, 0.25) is 0 Å². The van der Waals surface area contributed by atoms with Crippen molar-refractivity contribution in [2.45, 2.75) is 6.92 Å². The summed E-state index contributed by atoms with van der Waals surface area (Å²) in [7, 11) is 0. The normalized spacial score (nSPS) is 11.7. The van der Waals surface area contributed by atoms with E-state index in [1.165, 1.54) is 31.2 Å². The van der Waals surface area contributed by atoms with E-state index in [0.717, 1.165) is 0 Å². The number of hydrogen-bond acceptors (Lipinski definition) is 3. The van der Waals surface area contributed by atoms with Crippen LogP contribution in [-0.2, 0) is 9.59 Å². The van der Waals surface area contributed by atoms with Crippen LogP contribution in [0.15, 0.2) is 24.3 Å². The number of ether oxygens (including phenoxy) is 1. The van der Waals surface area contributed by atoms with E-state index in [4.69, 9.17) is 9.84 Å². The summed E-state index contributed by atoms with van der Waals surface area (Å²) in [4.78, 5) is 21.8. The van der Waals surface area contributed by atoms with Crippen molar-refractivity contribution in [3.63, 3.8) is 0 Å². The quantitative estimate of drug-likeness (QED) is 0.796. The topological polar surface area (TPSA) is 75.6 Å². The van der Waals surface area contributed by atoms with Crippen LogP contribution in [0, 0.1) is 11.7 Å². The lowest BCUT2D eigenvalue weighted by atomic mass is 10.2. The van der Waals surface area contributed by atoms with E-state index in [0.29, 0.717) is 5.75 Å². The van der Waals surface area contributed by atoms with Crippen molar-refractivity contribution in [1.82, 2.24) is 5.32 Å². The SMILES string of the molecule is CC(CNC(=O)COc1ccc(F)cc1)C(=O)O. The van der Waals surface area contributed by atoms with Gasteiger partial charge in [0, 0.05) is 6.54 Å². The van der Waals surface area contributed by atoms with Gasteiger partial charge in [-0.3, -0.25) is 9.59 Å². The maximum atomic E-state index is 12.6. The molecule has 0 aliphatic heterocycles. The van der Waals surface area contributed by atoms with Gasteiger partial charge in [-0.25, -0.2) is 4.39 Å². The lowest BCUT2D eigenvalue weighted by Crippen LogP contribution is -2.34. The van der Waals surface area contributed by atoms with Crippen molar-refractivity contribution >= 4 is 11.9 Å². The van der Waals surface area contributed by atoms with Crippen LogP contribution in [0.1, 0.15) is 6.92 Å². The van der Waals surface area contributed by atoms with Crippen LogP contribution in [0.3, 0.4) is 0 Å². The van der Waals surface area contributed by atoms with Crippen molar-refractivity contribution in [3.05, 3.63) is 30.1 Å². The van der Waals surface area contributed by atoms with Crippen molar-refractivity contribution in [2.75, 3.05) is 13.2 Å². The van der Waals surface area contributed by atoms with E-state index in [1.54, 1.807) is 0 Å². The number of hydrogen-bond donors (Lipinski definition) is 2. The monoisotopic (exact) mass is 255 g/mol. The lowest BCUT2D eigenvalue weighted by Gasteiger charge is -2.09. The third-order valence-electron chi connectivity index (χ3n) is 2.21. The molecule has 1 rings (SSSR count). The summed E-state index contributed by atoms with van der Waals surface area (Å²) in [6.45, 7) is 1.29. The van der Waals surface area contributed by atoms with Crippen LogP contribution < -0.4 is 10.1 Å². The predicted octanol–water partition coefficient (Wildman–Crippen LogP) is 1.04. The molecule has 0 bridgehead atoms. The average molecular weight is 255 g/mol. The number of carbonyl (C=O) groups is 2. The Balaban J connectivity index is 2.29. The Morgan fingerprint density at radius 2 is 2.00 bits per heavy atom. The summed E-state index contributed by atoms with van der Waals surface area (Å²) >= 11 is 0. The smallest absolute Gasteiger partial charge is 0.308 e. The number of halogens is 1. The van der Waals surface area contributed by atoms with Crippen LogP contribution in [0.25, 0.3) is 0 Å². The van der Waals surface area contributed by atoms with E-state index in [2.05, 4.69) is 5.32 Å². The third kappa shape index (κ3) is 4.82. The first-order valence-corrected chi connectivity index (χ1v) is 5.37. The fraction of sp³-hybridized carbons (Fsp3) is 0.333. The summed E-state index contributed by atoms with van der Waals surface area (Å²) < 4.78 is 17.7. The Morgan fingerprint density at radius 1 is 1.39 bits per heavy atom. The number of carboxylic acids is 1. The van der Waals surface area contributed by atoms with E-state index in [9.17, 15) is 14.0 Å². The minimum atomic E-state index is -0.977. The van der Waals surface area contributed by atoms with E-state index in [1.807, 2.05) is 0 Å². The molecule has 1 amide bonds. The highest BCUT2D eigenvalue weighted by atomic mass is 19.1. The summed E-state index contributed by atoms with van der Waals surface area (Å²) in [5, 5.41) is 11.0. The molecule has 1 atom stereocenters. The molecule has 5 nitrogen and oxygen atoms in total. The molecule has 98 valence electrons. The molecule has 1 aromatic carbocycles. The Hall–Kier alpha value is -2.11. The number of rotatable bonds is 6. The summed E-state index contributed by atoms with van der Waals surface area (Å²) in [6.07, 6.45) is 0. The Morgan fingerprint density at radius 3 is 2.56 bits per heavy atom. The number of amides is 1. The first kappa shape index (κ1) is 14.0. The van der Waals surface area contributed by atoms with Gasteiger partial charge in [0.25, 0.3) is 5.91 Å². The third-order valence-corrected chi connectivity index (χ3v) is 2.21. The molecule has 2 N–H and O–H groups in total. The summed E-state index contributed by atoms with van der Waals surface area (Å²) in [6, 6.07) is 5.25. The number of carbonyl (C=O) groups excluding carboxylic acids is 1. The van der Waals surface area contributed by atoms with Crippen LogP contribution in [-0.4, -0.2) is 30.1 Å². The fourth-order valence-corrected chi connectivity index (χ4v) is 1.08. The predicted molar refractivity (Wildman–Crippen MR) is 61.7 cm³/mol. The molecule has 1 aromatic rings. The van der Waals surface area contributed by atoms with Crippen molar-refractivity contribution in [3.8, 4) is 5.75 Å². The molecule has 18 heavy (non-hydrogen) atoms. The molecule has 0 fully saturated rings. The molecule has 0 aromatic heterocycles. The van der Waals surface area contributed by atoms with Gasteiger partial charge in [-0.05, 0) is 24.3 Å². The first-order chi connectivity index (χ1) is 8.49. The molecule has 0 radical (unpaired) electrons. The average Bonchev–Trinajstić information content (AvgIpc) is 2.35. The van der Waals surface area contributed by atoms with Crippen molar-refractivity contribution in [1.29, 1.82) is 0 Å². The fourth-order valence-electron chi connectivity index (χ4n) is 1.08. The zero-order valence-electron chi connectivity index (χ0n) is 9.85. The molecule has 0 saturated carbocycles. The van der Waals surface area contributed by atoms with Gasteiger partial charge in [-0.2, -0.15) is 0 Å². The van der Waals surface area contributed by atoms with Gasteiger partial charge in [-0.1, -0.05) is 6.92 Å². The second-order valence-electron chi connectivity index (χ2n) is 3.79. The molecular formula is C12H14FNO4. The molecular weight excluding hydrogens is 241 g/mol. The standard InChI is InChI=1S/C12H14FNO4/c1-8(12(16)17)6-14-11(15)7-18-10-4-2-9(13)3-5-10/h2-5,8H,6-7H2,1H3,(H,14,15)(H,16,17). The van der Waals surface area contributed by atoms with Gasteiger partial charge < -0.3 is 15.2 Å².